The topological polar surface area (TPSA) is 12.0 Å². The van der Waals surface area contributed by atoms with Crippen molar-refractivity contribution < 1.29 is 26.3 Å². The first-order chi connectivity index (χ1) is 9.55. The monoisotopic (exact) mass is 309 g/mol. The third-order valence-corrected chi connectivity index (χ3v) is 2.78. The second-order valence-corrected chi connectivity index (χ2v) is 4.37. The van der Waals surface area contributed by atoms with Crippen LogP contribution in [0, 0.1) is 11.8 Å². The summed E-state index contributed by atoms with van der Waals surface area (Å²) in [5, 5.41) is 2.75. The highest BCUT2D eigenvalue weighted by atomic mass is 19.4. The zero-order valence-corrected chi connectivity index (χ0v) is 11.3. The molecule has 0 heterocycles. The van der Waals surface area contributed by atoms with Gasteiger partial charge in [0.05, 0.1) is 17.7 Å². The van der Waals surface area contributed by atoms with E-state index in [2.05, 4.69) is 17.2 Å². The molecule has 1 N–H and O–H groups in total. The lowest BCUT2D eigenvalue weighted by molar-refractivity contribution is -0.143. The van der Waals surface area contributed by atoms with Gasteiger partial charge in [0.1, 0.15) is 0 Å². The molecule has 1 aromatic carbocycles. The zero-order chi connectivity index (χ0) is 16.3. The molecule has 7 heteroatoms. The van der Waals surface area contributed by atoms with Crippen molar-refractivity contribution in [3.63, 3.8) is 0 Å². The van der Waals surface area contributed by atoms with Crippen molar-refractivity contribution in [2.45, 2.75) is 32.2 Å². The lowest BCUT2D eigenvalue weighted by Gasteiger charge is -2.18. The Kier molecular flexibility index (Phi) is 5.29. The lowest BCUT2D eigenvalue weighted by atomic mass is 10.0. The minimum Gasteiger partial charge on any atom is -0.300 e. The highest BCUT2D eigenvalue weighted by Crippen LogP contribution is 2.37. The third-order valence-electron chi connectivity index (χ3n) is 2.78. The Hall–Kier alpha value is -1.68. The van der Waals surface area contributed by atoms with Gasteiger partial charge in [-0.05, 0) is 37.6 Å². The number of halogens is 6. The van der Waals surface area contributed by atoms with E-state index >= 15 is 0 Å². The molecule has 0 aliphatic heterocycles. The van der Waals surface area contributed by atoms with E-state index in [-0.39, 0.29) is 18.2 Å². The molecule has 116 valence electrons. The van der Waals surface area contributed by atoms with E-state index in [0.717, 1.165) is 0 Å². The molecule has 0 spiro atoms. The van der Waals surface area contributed by atoms with Crippen LogP contribution in [0.2, 0.25) is 0 Å². The maximum absolute atomic E-state index is 12.7. The average Bonchev–Trinajstić information content (AvgIpc) is 2.36. The SMILES string of the molecule is CC#CCNC(C)c1cc(C(F)(F)F)cc(C(F)(F)F)c1. The van der Waals surface area contributed by atoms with Crippen LogP contribution in [-0.4, -0.2) is 6.54 Å². The van der Waals surface area contributed by atoms with E-state index < -0.39 is 29.5 Å². The molecule has 1 atom stereocenters. The van der Waals surface area contributed by atoms with Crippen LogP contribution in [0.1, 0.15) is 36.6 Å². The van der Waals surface area contributed by atoms with Crippen LogP contribution >= 0.6 is 0 Å². The molecule has 0 amide bonds. The van der Waals surface area contributed by atoms with E-state index in [1.807, 2.05) is 0 Å². The molecule has 0 aliphatic carbocycles. The minimum absolute atomic E-state index is 0.0879. The summed E-state index contributed by atoms with van der Waals surface area (Å²) in [6, 6.07) is 0.856. The van der Waals surface area contributed by atoms with Crippen LogP contribution in [0.4, 0.5) is 26.3 Å². The minimum atomic E-state index is -4.83. The average molecular weight is 309 g/mol. The summed E-state index contributed by atoms with van der Waals surface area (Å²) in [5.41, 5.74) is -2.72. The van der Waals surface area contributed by atoms with Crippen LogP contribution in [0.5, 0.6) is 0 Å². The molecule has 1 nitrogen and oxygen atoms in total. The Morgan fingerprint density at radius 2 is 1.48 bits per heavy atom. The summed E-state index contributed by atoms with van der Waals surface area (Å²) < 4.78 is 76.2. The zero-order valence-electron chi connectivity index (χ0n) is 11.3. The van der Waals surface area contributed by atoms with Crippen molar-refractivity contribution in [1.29, 1.82) is 0 Å². The Bertz CT molecular complexity index is 515. The van der Waals surface area contributed by atoms with Gasteiger partial charge in [-0.1, -0.05) is 5.92 Å². The molecule has 0 fully saturated rings. The van der Waals surface area contributed by atoms with Gasteiger partial charge < -0.3 is 0 Å². The molecule has 0 saturated carbocycles. The predicted octanol–water partition coefficient (Wildman–Crippen LogP) is 4.40. The third kappa shape index (κ3) is 4.97. The number of hydrogen-bond donors (Lipinski definition) is 1. The van der Waals surface area contributed by atoms with Crippen LogP contribution < -0.4 is 5.32 Å². The summed E-state index contributed by atoms with van der Waals surface area (Å²) in [4.78, 5) is 0. The molecule has 0 aliphatic rings. The molecule has 0 radical (unpaired) electrons. The molecular weight excluding hydrogens is 296 g/mol. The van der Waals surface area contributed by atoms with Crippen molar-refractivity contribution in [3.8, 4) is 11.8 Å². The number of nitrogens with one attached hydrogen (secondary N) is 1. The van der Waals surface area contributed by atoms with Gasteiger partial charge >= 0.3 is 12.4 Å². The van der Waals surface area contributed by atoms with Crippen molar-refractivity contribution >= 4 is 0 Å². The van der Waals surface area contributed by atoms with E-state index in [1.165, 1.54) is 6.92 Å². The van der Waals surface area contributed by atoms with Crippen LogP contribution in [0.25, 0.3) is 0 Å². The molecule has 0 saturated heterocycles. The fraction of sp³-hybridized carbons (Fsp3) is 0.429. The molecule has 0 bridgehead atoms. The summed E-state index contributed by atoms with van der Waals surface area (Å²) in [5.74, 6) is 5.21. The second-order valence-electron chi connectivity index (χ2n) is 4.37. The molecule has 0 aromatic heterocycles. The van der Waals surface area contributed by atoms with Crippen molar-refractivity contribution in [2.75, 3.05) is 6.54 Å². The van der Waals surface area contributed by atoms with E-state index in [9.17, 15) is 26.3 Å². The Morgan fingerprint density at radius 3 is 1.86 bits per heavy atom. The summed E-state index contributed by atoms with van der Waals surface area (Å²) >= 11 is 0. The van der Waals surface area contributed by atoms with Gasteiger partial charge in [-0.15, -0.1) is 5.92 Å². The summed E-state index contributed by atoms with van der Waals surface area (Å²) in [6.07, 6.45) is -9.67. The molecule has 1 rings (SSSR count). The van der Waals surface area contributed by atoms with Crippen molar-refractivity contribution in [3.05, 3.63) is 34.9 Å². The van der Waals surface area contributed by atoms with E-state index in [1.54, 1.807) is 6.92 Å². The molecule has 1 aromatic rings. The molecule has 21 heavy (non-hydrogen) atoms. The van der Waals surface area contributed by atoms with Gasteiger partial charge in [0.2, 0.25) is 0 Å². The number of benzene rings is 1. The maximum Gasteiger partial charge on any atom is 0.416 e. The number of rotatable bonds is 3. The van der Waals surface area contributed by atoms with E-state index in [0.29, 0.717) is 12.1 Å². The fourth-order valence-corrected chi connectivity index (χ4v) is 1.64. The van der Waals surface area contributed by atoms with Gasteiger partial charge in [-0.25, -0.2) is 0 Å². The van der Waals surface area contributed by atoms with Gasteiger partial charge in [0.25, 0.3) is 0 Å². The van der Waals surface area contributed by atoms with Gasteiger partial charge in [0.15, 0.2) is 0 Å². The summed E-state index contributed by atoms with van der Waals surface area (Å²) in [6.45, 7) is 3.24. The molecular formula is C14H13F6N. The van der Waals surface area contributed by atoms with Crippen molar-refractivity contribution in [1.82, 2.24) is 5.32 Å². The number of hydrogen-bond acceptors (Lipinski definition) is 1. The normalized spacial score (nSPS) is 13.5. The summed E-state index contributed by atoms with van der Waals surface area (Å²) in [7, 11) is 0. The van der Waals surface area contributed by atoms with Gasteiger partial charge in [-0.3, -0.25) is 5.32 Å². The van der Waals surface area contributed by atoms with Crippen LogP contribution in [0.3, 0.4) is 0 Å². The van der Waals surface area contributed by atoms with Crippen LogP contribution in [-0.2, 0) is 12.4 Å². The van der Waals surface area contributed by atoms with Gasteiger partial charge in [0, 0.05) is 6.04 Å². The van der Waals surface area contributed by atoms with E-state index in [4.69, 9.17) is 0 Å². The Balaban J connectivity index is 3.21. The van der Waals surface area contributed by atoms with Crippen LogP contribution in [0.15, 0.2) is 18.2 Å². The largest absolute Gasteiger partial charge is 0.416 e. The Morgan fingerprint density at radius 1 is 1.00 bits per heavy atom. The predicted molar refractivity (Wildman–Crippen MR) is 66.3 cm³/mol. The fourth-order valence-electron chi connectivity index (χ4n) is 1.64. The maximum atomic E-state index is 12.7. The number of alkyl halides is 6. The quantitative estimate of drug-likeness (QED) is 0.644. The molecule has 1 unspecified atom stereocenters. The van der Waals surface area contributed by atoms with Crippen molar-refractivity contribution in [2.24, 2.45) is 0 Å². The first-order valence-electron chi connectivity index (χ1n) is 5.98. The lowest BCUT2D eigenvalue weighted by Crippen LogP contribution is -2.20. The Labute approximate surface area is 118 Å². The standard InChI is InChI=1S/C14H13F6N/c1-3-4-5-21-9(2)10-6-11(13(15,16)17)8-12(7-10)14(18,19)20/h6-9,21H,5H2,1-2H3. The first kappa shape index (κ1) is 17.4. The smallest absolute Gasteiger partial charge is 0.300 e. The van der Waals surface area contributed by atoms with Gasteiger partial charge in [-0.2, -0.15) is 26.3 Å². The highest BCUT2D eigenvalue weighted by Gasteiger charge is 2.37. The highest BCUT2D eigenvalue weighted by molar-refractivity contribution is 5.35. The first-order valence-corrected chi connectivity index (χ1v) is 5.98. The second kappa shape index (κ2) is 6.39.